The van der Waals surface area contributed by atoms with Crippen molar-refractivity contribution in [2.24, 2.45) is 0 Å². The van der Waals surface area contributed by atoms with Gasteiger partial charge >= 0.3 is 0 Å². The first kappa shape index (κ1) is 19.5. The van der Waals surface area contributed by atoms with Crippen molar-refractivity contribution in [2.45, 2.75) is 13.5 Å². The van der Waals surface area contributed by atoms with Gasteiger partial charge in [-0.05, 0) is 25.1 Å². The number of hydrogen-bond acceptors (Lipinski definition) is 6. The Hall–Kier alpha value is -3.46. The van der Waals surface area contributed by atoms with Gasteiger partial charge in [0.25, 0.3) is 5.91 Å². The number of anilines is 2. The van der Waals surface area contributed by atoms with Gasteiger partial charge in [0.15, 0.2) is 0 Å². The number of hydrogen-bond donors (Lipinski definition) is 1. The van der Waals surface area contributed by atoms with Gasteiger partial charge in [-0.25, -0.2) is 13.8 Å². The minimum absolute atomic E-state index is 0.128. The first-order valence-corrected chi connectivity index (χ1v) is 10.1. The molecule has 2 aliphatic heterocycles. The topological polar surface area (TPSA) is 74.2 Å². The van der Waals surface area contributed by atoms with E-state index >= 15 is 0 Å². The monoisotopic (exact) mass is 422 g/mol. The van der Waals surface area contributed by atoms with Crippen molar-refractivity contribution < 1.29 is 13.6 Å². The van der Waals surface area contributed by atoms with Gasteiger partial charge in [-0.2, -0.15) is 4.98 Å². The molecule has 9 heteroatoms. The fraction of sp³-hybridized carbons (Fsp3) is 0.273. The molecule has 2 aliphatic rings. The highest BCUT2D eigenvalue weighted by Crippen LogP contribution is 2.35. The maximum Gasteiger partial charge on any atom is 0.260 e. The Morgan fingerprint density at radius 1 is 1.06 bits per heavy atom. The zero-order chi connectivity index (χ0) is 21.5. The smallest absolute Gasteiger partial charge is 0.260 e. The standard InChI is InChI=1S/C22H20F2N6O/c1-13-11-18(28-22(27-13)29-9-7-25-8-10-29)30-12-15-14(21(30)31)5-6-26-20(15)19-16(23)3-2-4-17(19)24/h2-6,11,25H,7-10,12H2,1H3. The van der Waals surface area contributed by atoms with Crippen LogP contribution in [0.2, 0.25) is 0 Å². The number of aromatic nitrogens is 3. The van der Waals surface area contributed by atoms with E-state index in [4.69, 9.17) is 0 Å². The average molecular weight is 422 g/mol. The molecule has 1 saturated heterocycles. The fourth-order valence-corrected chi connectivity index (χ4v) is 4.03. The summed E-state index contributed by atoms with van der Waals surface area (Å²) in [7, 11) is 0. The van der Waals surface area contributed by atoms with Crippen LogP contribution >= 0.6 is 0 Å². The fourth-order valence-electron chi connectivity index (χ4n) is 4.03. The van der Waals surface area contributed by atoms with Crippen molar-refractivity contribution in [1.82, 2.24) is 20.3 Å². The van der Waals surface area contributed by atoms with Crippen molar-refractivity contribution in [2.75, 3.05) is 36.0 Å². The van der Waals surface area contributed by atoms with E-state index in [2.05, 4.69) is 25.2 Å². The Kier molecular flexibility index (Phi) is 4.82. The highest BCUT2D eigenvalue weighted by molar-refractivity contribution is 6.10. The Labute approximate surface area is 177 Å². The zero-order valence-electron chi connectivity index (χ0n) is 16.9. The number of aryl methyl sites for hydroxylation is 1. The van der Waals surface area contributed by atoms with Crippen LogP contribution in [0.5, 0.6) is 0 Å². The molecule has 1 amide bonds. The van der Waals surface area contributed by atoms with E-state index in [1.54, 1.807) is 12.1 Å². The molecule has 0 radical (unpaired) electrons. The summed E-state index contributed by atoms with van der Waals surface area (Å²) < 4.78 is 28.8. The summed E-state index contributed by atoms with van der Waals surface area (Å²) in [6, 6.07) is 6.98. The second kappa shape index (κ2) is 7.66. The summed E-state index contributed by atoms with van der Waals surface area (Å²) in [5, 5.41) is 3.29. The average Bonchev–Trinajstić information content (AvgIpc) is 3.11. The number of carbonyl (C=O) groups excluding carboxylic acids is 1. The molecule has 158 valence electrons. The van der Waals surface area contributed by atoms with E-state index in [9.17, 15) is 13.6 Å². The summed E-state index contributed by atoms with van der Waals surface area (Å²) >= 11 is 0. The van der Waals surface area contributed by atoms with Crippen LogP contribution in [0.3, 0.4) is 0 Å². The van der Waals surface area contributed by atoms with Crippen molar-refractivity contribution in [1.29, 1.82) is 0 Å². The zero-order valence-corrected chi connectivity index (χ0v) is 16.9. The molecule has 0 atom stereocenters. The normalized spacial score (nSPS) is 16.0. The predicted octanol–water partition coefficient (Wildman–Crippen LogP) is 2.70. The molecule has 1 N–H and O–H groups in total. The van der Waals surface area contributed by atoms with E-state index < -0.39 is 11.6 Å². The van der Waals surface area contributed by atoms with Crippen LogP contribution in [0.15, 0.2) is 36.5 Å². The molecule has 0 spiro atoms. The van der Waals surface area contributed by atoms with Gasteiger partial charge in [-0.3, -0.25) is 14.7 Å². The van der Waals surface area contributed by atoms with Gasteiger partial charge in [0, 0.05) is 55.3 Å². The van der Waals surface area contributed by atoms with Gasteiger partial charge in [0.2, 0.25) is 5.95 Å². The van der Waals surface area contributed by atoms with Gasteiger partial charge in [0.05, 0.1) is 17.8 Å². The summed E-state index contributed by atoms with van der Waals surface area (Å²) in [5.41, 5.74) is 1.50. The molecule has 0 bridgehead atoms. The highest BCUT2D eigenvalue weighted by atomic mass is 19.1. The lowest BCUT2D eigenvalue weighted by atomic mass is 10.0. The van der Waals surface area contributed by atoms with E-state index in [1.165, 1.54) is 29.3 Å². The van der Waals surface area contributed by atoms with E-state index in [-0.39, 0.29) is 23.7 Å². The molecule has 4 heterocycles. The molecule has 0 aliphatic carbocycles. The Morgan fingerprint density at radius 2 is 1.81 bits per heavy atom. The number of nitrogens with zero attached hydrogens (tertiary/aromatic N) is 5. The van der Waals surface area contributed by atoms with Crippen LogP contribution in [-0.2, 0) is 6.54 Å². The molecular formula is C22H20F2N6O. The Balaban J connectivity index is 1.55. The maximum absolute atomic E-state index is 14.4. The van der Waals surface area contributed by atoms with E-state index in [1.807, 2.05) is 6.92 Å². The number of halogens is 2. The van der Waals surface area contributed by atoms with Crippen molar-refractivity contribution in [3.05, 3.63) is 65.0 Å². The second-order valence-electron chi connectivity index (χ2n) is 7.58. The van der Waals surface area contributed by atoms with Crippen LogP contribution in [0.4, 0.5) is 20.5 Å². The molecule has 0 unspecified atom stereocenters. The molecule has 1 aromatic carbocycles. The number of benzene rings is 1. The number of fused-ring (bicyclic) bond motifs is 1. The number of piperazine rings is 1. The van der Waals surface area contributed by atoms with Gasteiger partial charge in [-0.1, -0.05) is 6.07 Å². The minimum Gasteiger partial charge on any atom is -0.338 e. The quantitative estimate of drug-likeness (QED) is 0.700. The van der Waals surface area contributed by atoms with Crippen molar-refractivity contribution in [3.8, 4) is 11.3 Å². The first-order valence-electron chi connectivity index (χ1n) is 10.1. The maximum atomic E-state index is 14.4. The third-order valence-corrected chi connectivity index (χ3v) is 5.55. The number of carbonyl (C=O) groups is 1. The number of rotatable bonds is 3. The lowest BCUT2D eigenvalue weighted by molar-refractivity contribution is 0.0996. The van der Waals surface area contributed by atoms with Crippen molar-refractivity contribution >= 4 is 17.7 Å². The van der Waals surface area contributed by atoms with Gasteiger partial charge in [-0.15, -0.1) is 0 Å². The summed E-state index contributed by atoms with van der Waals surface area (Å²) in [6.07, 6.45) is 1.40. The molecular weight excluding hydrogens is 402 g/mol. The van der Waals surface area contributed by atoms with E-state index in [0.717, 1.165) is 31.9 Å². The van der Waals surface area contributed by atoms with Crippen LogP contribution in [0.25, 0.3) is 11.3 Å². The molecule has 3 aromatic rings. The Bertz CT molecular complexity index is 1160. The lowest BCUT2D eigenvalue weighted by Crippen LogP contribution is -2.44. The van der Waals surface area contributed by atoms with Crippen LogP contribution < -0.4 is 15.1 Å². The molecule has 0 saturated carbocycles. The number of pyridine rings is 1. The third kappa shape index (κ3) is 3.40. The molecule has 7 nitrogen and oxygen atoms in total. The van der Waals surface area contributed by atoms with Crippen LogP contribution in [-0.4, -0.2) is 47.0 Å². The Morgan fingerprint density at radius 3 is 2.55 bits per heavy atom. The molecule has 31 heavy (non-hydrogen) atoms. The largest absolute Gasteiger partial charge is 0.338 e. The summed E-state index contributed by atoms with van der Waals surface area (Å²) in [6.45, 7) is 5.21. The van der Waals surface area contributed by atoms with E-state index in [0.29, 0.717) is 22.9 Å². The minimum atomic E-state index is -0.717. The van der Waals surface area contributed by atoms with Crippen molar-refractivity contribution in [3.63, 3.8) is 0 Å². The van der Waals surface area contributed by atoms with Crippen LogP contribution in [0, 0.1) is 18.6 Å². The van der Waals surface area contributed by atoms with Crippen LogP contribution in [0.1, 0.15) is 21.6 Å². The third-order valence-electron chi connectivity index (χ3n) is 5.55. The highest BCUT2D eigenvalue weighted by Gasteiger charge is 2.34. The summed E-state index contributed by atoms with van der Waals surface area (Å²) in [5.74, 6) is -0.683. The van der Waals surface area contributed by atoms with Gasteiger partial charge in [0.1, 0.15) is 17.5 Å². The molecule has 2 aromatic heterocycles. The number of nitrogens with one attached hydrogen (secondary N) is 1. The summed E-state index contributed by atoms with van der Waals surface area (Å²) in [4.78, 5) is 30.1. The predicted molar refractivity (Wildman–Crippen MR) is 112 cm³/mol. The second-order valence-corrected chi connectivity index (χ2v) is 7.58. The SMILES string of the molecule is Cc1cc(N2Cc3c(ccnc3-c3c(F)cccc3F)C2=O)nc(N2CCNCC2)n1. The number of amides is 1. The van der Waals surface area contributed by atoms with Gasteiger partial charge < -0.3 is 10.2 Å². The molecule has 5 rings (SSSR count). The molecule has 1 fully saturated rings. The lowest BCUT2D eigenvalue weighted by Gasteiger charge is -2.28. The first-order chi connectivity index (χ1) is 15.0.